The van der Waals surface area contributed by atoms with Gasteiger partial charge in [-0.25, -0.2) is 0 Å². The zero-order valence-corrected chi connectivity index (χ0v) is 16.3. The Balaban J connectivity index is 2.11. The highest BCUT2D eigenvalue weighted by atomic mass is 16.5. The average Bonchev–Trinajstić information content (AvgIpc) is 2.94. The van der Waals surface area contributed by atoms with Crippen LogP contribution in [-0.2, 0) is 9.59 Å². The molecule has 28 heavy (non-hydrogen) atoms. The molecule has 1 amide bonds. The lowest BCUT2D eigenvalue weighted by atomic mass is 9.93. The molecule has 6 nitrogen and oxygen atoms in total. The summed E-state index contributed by atoms with van der Waals surface area (Å²) in [5.74, 6) is -0.624. The van der Waals surface area contributed by atoms with Gasteiger partial charge in [0.1, 0.15) is 5.75 Å². The number of carbonyl (C=O) groups excluding carboxylic acids is 2. The topological polar surface area (TPSA) is 79.7 Å². The van der Waals surface area contributed by atoms with Gasteiger partial charge in [0.15, 0.2) is 11.5 Å². The van der Waals surface area contributed by atoms with Crippen molar-refractivity contribution in [3.8, 4) is 5.75 Å². The summed E-state index contributed by atoms with van der Waals surface area (Å²) in [4.78, 5) is 31.4. The van der Waals surface area contributed by atoms with E-state index in [1.807, 2.05) is 20.8 Å². The summed E-state index contributed by atoms with van der Waals surface area (Å²) < 4.78 is 5.54. The molecule has 0 radical (unpaired) electrons. The predicted octanol–water partition coefficient (Wildman–Crippen LogP) is 4.00. The van der Waals surface area contributed by atoms with Crippen LogP contribution in [0.3, 0.4) is 0 Å². The van der Waals surface area contributed by atoms with E-state index in [0.29, 0.717) is 23.6 Å². The number of ketones is 1. The highest BCUT2D eigenvalue weighted by Crippen LogP contribution is 2.42. The van der Waals surface area contributed by atoms with Crippen LogP contribution < -0.4 is 9.64 Å². The van der Waals surface area contributed by atoms with Crippen LogP contribution in [0.4, 0.5) is 5.69 Å². The molecule has 1 aromatic carbocycles. The van der Waals surface area contributed by atoms with Crippen molar-refractivity contribution in [2.75, 3.05) is 11.5 Å². The van der Waals surface area contributed by atoms with E-state index in [1.54, 1.807) is 48.8 Å². The van der Waals surface area contributed by atoms with Crippen molar-refractivity contribution >= 4 is 17.4 Å². The molecule has 0 aliphatic carbocycles. The maximum Gasteiger partial charge on any atom is 0.294 e. The summed E-state index contributed by atoms with van der Waals surface area (Å²) in [7, 11) is 0. The number of aromatic nitrogens is 1. The molecule has 1 atom stereocenters. The van der Waals surface area contributed by atoms with Crippen LogP contribution in [0, 0.1) is 5.92 Å². The molecule has 1 unspecified atom stereocenters. The normalized spacial score (nSPS) is 16.8. The quantitative estimate of drug-likeness (QED) is 0.785. The van der Waals surface area contributed by atoms with Gasteiger partial charge in [-0.05, 0) is 36.6 Å². The highest BCUT2D eigenvalue weighted by Gasteiger charge is 2.44. The van der Waals surface area contributed by atoms with Gasteiger partial charge in [0, 0.05) is 30.6 Å². The van der Waals surface area contributed by atoms with Crippen molar-refractivity contribution < 1.29 is 19.4 Å². The summed E-state index contributed by atoms with van der Waals surface area (Å²) >= 11 is 0. The van der Waals surface area contributed by atoms with Crippen molar-refractivity contribution in [1.29, 1.82) is 0 Å². The second-order valence-corrected chi connectivity index (χ2v) is 7.08. The Morgan fingerprint density at radius 1 is 1.29 bits per heavy atom. The first-order valence-electron chi connectivity index (χ1n) is 9.36. The van der Waals surface area contributed by atoms with Crippen LogP contribution in [0.2, 0.25) is 0 Å². The molecule has 6 heteroatoms. The molecule has 0 saturated carbocycles. The first kappa shape index (κ1) is 19.6. The zero-order valence-electron chi connectivity index (χ0n) is 16.3. The molecule has 0 bridgehead atoms. The van der Waals surface area contributed by atoms with Gasteiger partial charge in [-0.15, -0.1) is 0 Å². The fourth-order valence-corrected chi connectivity index (χ4v) is 3.38. The predicted molar refractivity (Wildman–Crippen MR) is 106 cm³/mol. The fourth-order valence-electron chi connectivity index (χ4n) is 3.38. The number of carbonyl (C=O) groups is 2. The smallest absolute Gasteiger partial charge is 0.294 e. The number of pyridine rings is 1. The van der Waals surface area contributed by atoms with Crippen LogP contribution in [-0.4, -0.2) is 28.4 Å². The van der Waals surface area contributed by atoms with Gasteiger partial charge in [-0.3, -0.25) is 19.5 Å². The number of benzene rings is 1. The minimum Gasteiger partial charge on any atom is -0.503 e. The Morgan fingerprint density at radius 2 is 2.07 bits per heavy atom. The first-order valence-corrected chi connectivity index (χ1v) is 9.36. The van der Waals surface area contributed by atoms with Crippen LogP contribution in [0.1, 0.15) is 38.8 Å². The molecular formula is C22H24N2O4. The van der Waals surface area contributed by atoms with Gasteiger partial charge >= 0.3 is 0 Å². The van der Waals surface area contributed by atoms with Crippen LogP contribution in [0.5, 0.6) is 5.75 Å². The van der Waals surface area contributed by atoms with Gasteiger partial charge in [0.05, 0.1) is 18.2 Å². The Kier molecular flexibility index (Phi) is 5.78. The molecule has 0 fully saturated rings. The van der Waals surface area contributed by atoms with Crippen molar-refractivity contribution in [2.45, 2.75) is 33.2 Å². The van der Waals surface area contributed by atoms with Gasteiger partial charge in [0.25, 0.3) is 5.91 Å². The maximum atomic E-state index is 13.0. The number of nitrogens with zero attached hydrogens (tertiary/aromatic N) is 2. The SMILES string of the molecule is CCOc1cccc(N2C(=O)C(O)=C(C(=O)CC(C)C)C2c2cccnc2)c1. The lowest BCUT2D eigenvalue weighted by Gasteiger charge is -2.27. The number of rotatable bonds is 7. The van der Waals surface area contributed by atoms with Gasteiger partial charge < -0.3 is 9.84 Å². The van der Waals surface area contributed by atoms with E-state index in [4.69, 9.17) is 4.74 Å². The fraction of sp³-hybridized carbons (Fsp3) is 0.318. The summed E-state index contributed by atoms with van der Waals surface area (Å²) in [6, 6.07) is 9.87. The molecule has 1 aliphatic rings. The molecule has 0 saturated heterocycles. The van der Waals surface area contributed by atoms with Crippen molar-refractivity contribution in [2.24, 2.45) is 5.92 Å². The van der Waals surface area contributed by atoms with E-state index in [1.165, 1.54) is 4.90 Å². The number of hydrogen-bond donors (Lipinski definition) is 1. The molecule has 1 aliphatic heterocycles. The number of Topliss-reactive ketones (excluding diaryl/α,β-unsaturated/α-hetero) is 1. The second kappa shape index (κ2) is 8.25. The first-order chi connectivity index (χ1) is 13.4. The molecule has 2 aromatic rings. The van der Waals surface area contributed by atoms with Crippen molar-refractivity contribution in [3.63, 3.8) is 0 Å². The standard InChI is InChI=1S/C22H24N2O4/c1-4-28-17-9-5-8-16(12-17)24-20(15-7-6-10-23-13-15)19(21(26)22(24)27)18(25)11-14(2)3/h5-10,12-14,20,26H,4,11H2,1-3H3. The summed E-state index contributed by atoms with van der Waals surface area (Å²) in [6.07, 6.45) is 3.48. The Bertz CT molecular complexity index is 906. The summed E-state index contributed by atoms with van der Waals surface area (Å²) in [5, 5.41) is 10.6. The molecular weight excluding hydrogens is 356 g/mol. The molecule has 1 N–H and O–H groups in total. The van der Waals surface area contributed by atoms with E-state index < -0.39 is 17.7 Å². The van der Waals surface area contributed by atoms with E-state index in [9.17, 15) is 14.7 Å². The van der Waals surface area contributed by atoms with Gasteiger partial charge in [0.2, 0.25) is 0 Å². The monoisotopic (exact) mass is 380 g/mol. The number of anilines is 1. The number of aliphatic hydroxyl groups is 1. The molecule has 3 rings (SSSR count). The zero-order chi connectivity index (χ0) is 20.3. The number of amides is 1. The third-order valence-corrected chi connectivity index (χ3v) is 4.51. The molecule has 2 heterocycles. The van der Waals surface area contributed by atoms with Crippen LogP contribution in [0.15, 0.2) is 60.1 Å². The number of aliphatic hydroxyl groups excluding tert-OH is 1. The molecule has 1 aromatic heterocycles. The Labute approximate surface area is 164 Å². The minimum atomic E-state index is -0.732. The van der Waals surface area contributed by atoms with Gasteiger partial charge in [-0.1, -0.05) is 26.0 Å². The minimum absolute atomic E-state index is 0.104. The third-order valence-electron chi connectivity index (χ3n) is 4.51. The number of hydrogen-bond acceptors (Lipinski definition) is 5. The lowest BCUT2D eigenvalue weighted by Crippen LogP contribution is -2.31. The van der Waals surface area contributed by atoms with E-state index >= 15 is 0 Å². The van der Waals surface area contributed by atoms with E-state index in [-0.39, 0.29) is 23.7 Å². The average molecular weight is 380 g/mol. The Morgan fingerprint density at radius 3 is 2.71 bits per heavy atom. The van der Waals surface area contributed by atoms with Crippen molar-refractivity contribution in [1.82, 2.24) is 4.98 Å². The molecule has 146 valence electrons. The van der Waals surface area contributed by atoms with Gasteiger partial charge in [-0.2, -0.15) is 0 Å². The lowest BCUT2D eigenvalue weighted by molar-refractivity contribution is -0.118. The van der Waals surface area contributed by atoms with Crippen LogP contribution >= 0.6 is 0 Å². The second-order valence-electron chi connectivity index (χ2n) is 7.08. The van der Waals surface area contributed by atoms with E-state index in [2.05, 4.69) is 4.98 Å². The van der Waals surface area contributed by atoms with E-state index in [0.717, 1.165) is 0 Å². The largest absolute Gasteiger partial charge is 0.503 e. The maximum absolute atomic E-state index is 13.0. The molecule has 0 spiro atoms. The van der Waals surface area contributed by atoms with Crippen LogP contribution in [0.25, 0.3) is 0 Å². The number of ether oxygens (including phenoxy) is 1. The summed E-state index contributed by atoms with van der Waals surface area (Å²) in [6.45, 7) is 6.22. The summed E-state index contributed by atoms with van der Waals surface area (Å²) in [5.41, 5.74) is 1.33. The van der Waals surface area contributed by atoms with Crippen molar-refractivity contribution in [3.05, 3.63) is 65.7 Å². The third kappa shape index (κ3) is 3.76. The Hall–Kier alpha value is -3.15. The highest BCUT2D eigenvalue weighted by molar-refractivity contribution is 6.16.